The van der Waals surface area contributed by atoms with Crippen molar-refractivity contribution in [2.24, 2.45) is 0 Å². The Morgan fingerprint density at radius 3 is 2.89 bits per heavy atom. The van der Waals surface area contributed by atoms with Gasteiger partial charge in [-0.15, -0.1) is 0 Å². The summed E-state index contributed by atoms with van der Waals surface area (Å²) < 4.78 is 29.8. The lowest BCUT2D eigenvalue weighted by atomic mass is 10.0. The highest BCUT2D eigenvalue weighted by Gasteiger charge is 2.16. The average molecular weight is 269 g/mol. The zero-order valence-corrected chi connectivity index (χ0v) is 10.6. The van der Waals surface area contributed by atoms with Crippen molar-refractivity contribution in [3.05, 3.63) is 35.2 Å². The summed E-state index contributed by atoms with van der Waals surface area (Å²) in [4.78, 5) is 1.97. The summed E-state index contributed by atoms with van der Waals surface area (Å²) in [5, 5.41) is 10.3. The van der Waals surface area contributed by atoms with Crippen LogP contribution in [0.2, 0.25) is 0 Å². The molecule has 0 bridgehead atoms. The van der Waals surface area contributed by atoms with Gasteiger partial charge in [0.1, 0.15) is 5.75 Å². The Morgan fingerprint density at radius 1 is 1.39 bits per heavy atom. The molecule has 1 heterocycles. The van der Waals surface area contributed by atoms with Crippen LogP contribution in [0.4, 0.5) is 5.69 Å². The number of aryl methyl sites for hydroxylation is 1. The van der Waals surface area contributed by atoms with Crippen LogP contribution in [0.3, 0.4) is 0 Å². The van der Waals surface area contributed by atoms with E-state index in [4.69, 9.17) is 4.55 Å². The number of fused-ring (bicyclic) bond motifs is 1. The molecule has 1 aromatic carbocycles. The molecule has 5 nitrogen and oxygen atoms in total. The maximum absolute atomic E-state index is 10.6. The fourth-order valence-electron chi connectivity index (χ4n) is 2.12. The number of hydrogen-bond donors (Lipinski definition) is 2. The summed E-state index contributed by atoms with van der Waals surface area (Å²) in [6.07, 6.45) is 3.33. The molecular formula is C12H15NO4S. The Morgan fingerprint density at radius 2 is 2.17 bits per heavy atom. The molecule has 0 saturated heterocycles. The molecule has 0 spiro atoms. The van der Waals surface area contributed by atoms with Crippen LogP contribution in [0.15, 0.2) is 29.7 Å². The molecular weight excluding hydrogens is 254 g/mol. The first kappa shape index (κ1) is 12.9. The molecule has 0 radical (unpaired) electrons. The highest BCUT2D eigenvalue weighted by Crippen LogP contribution is 2.30. The molecule has 18 heavy (non-hydrogen) atoms. The SMILES string of the molecule is O=S(=O)(O)C=CCN1CCCc2ccc(O)cc21. The second-order valence-electron chi connectivity index (χ2n) is 4.25. The minimum Gasteiger partial charge on any atom is -0.508 e. The number of phenolic OH excluding ortho intramolecular Hbond substituents is 1. The van der Waals surface area contributed by atoms with E-state index in [-0.39, 0.29) is 5.75 Å². The van der Waals surface area contributed by atoms with Crippen molar-refractivity contribution in [3.8, 4) is 5.75 Å². The predicted octanol–water partition coefficient (Wildman–Crippen LogP) is 1.55. The van der Waals surface area contributed by atoms with Crippen LogP contribution in [0.1, 0.15) is 12.0 Å². The largest absolute Gasteiger partial charge is 0.508 e. The molecule has 0 fully saturated rings. The van der Waals surface area contributed by atoms with Crippen molar-refractivity contribution >= 4 is 15.8 Å². The molecule has 0 aromatic heterocycles. The van der Waals surface area contributed by atoms with E-state index in [1.54, 1.807) is 12.1 Å². The first-order chi connectivity index (χ1) is 8.46. The van der Waals surface area contributed by atoms with Gasteiger partial charge in [-0.05, 0) is 24.5 Å². The van der Waals surface area contributed by atoms with E-state index in [1.165, 1.54) is 6.08 Å². The molecule has 0 aliphatic carbocycles. The van der Waals surface area contributed by atoms with Gasteiger partial charge in [-0.25, -0.2) is 0 Å². The second-order valence-corrected chi connectivity index (χ2v) is 5.55. The number of aromatic hydroxyl groups is 1. The summed E-state index contributed by atoms with van der Waals surface area (Å²) >= 11 is 0. The van der Waals surface area contributed by atoms with Gasteiger partial charge >= 0.3 is 0 Å². The van der Waals surface area contributed by atoms with Crippen LogP contribution in [0.25, 0.3) is 0 Å². The van der Waals surface area contributed by atoms with Crippen molar-refractivity contribution < 1.29 is 18.1 Å². The van der Waals surface area contributed by atoms with Crippen LogP contribution in [-0.2, 0) is 16.5 Å². The Labute approximate surface area is 106 Å². The highest BCUT2D eigenvalue weighted by atomic mass is 32.2. The number of benzene rings is 1. The van der Waals surface area contributed by atoms with E-state index in [9.17, 15) is 13.5 Å². The van der Waals surface area contributed by atoms with E-state index in [1.807, 2.05) is 11.0 Å². The molecule has 0 saturated carbocycles. The lowest BCUT2D eigenvalue weighted by Gasteiger charge is -2.30. The molecule has 2 rings (SSSR count). The second kappa shape index (κ2) is 4.99. The van der Waals surface area contributed by atoms with Crippen molar-refractivity contribution in [2.45, 2.75) is 12.8 Å². The lowest BCUT2D eigenvalue weighted by molar-refractivity contribution is 0.474. The quantitative estimate of drug-likeness (QED) is 0.814. The zero-order valence-electron chi connectivity index (χ0n) is 9.78. The molecule has 6 heteroatoms. The van der Waals surface area contributed by atoms with Crippen molar-refractivity contribution in [1.29, 1.82) is 0 Å². The summed E-state index contributed by atoms with van der Waals surface area (Å²) in [5.41, 5.74) is 2.06. The first-order valence-corrected chi connectivity index (χ1v) is 7.17. The Hall–Kier alpha value is -1.53. The van der Waals surface area contributed by atoms with Crippen LogP contribution in [0.5, 0.6) is 5.75 Å². The maximum atomic E-state index is 10.6. The smallest absolute Gasteiger partial charge is 0.287 e. The summed E-state index contributed by atoms with van der Waals surface area (Å²) in [5.74, 6) is 0.194. The summed E-state index contributed by atoms with van der Waals surface area (Å²) in [6, 6.07) is 5.20. The van der Waals surface area contributed by atoms with Crippen molar-refractivity contribution in [3.63, 3.8) is 0 Å². The van der Waals surface area contributed by atoms with Crippen LogP contribution in [-0.4, -0.2) is 31.2 Å². The van der Waals surface area contributed by atoms with Gasteiger partial charge in [0.25, 0.3) is 10.1 Å². The number of anilines is 1. The van der Waals surface area contributed by atoms with Gasteiger partial charge in [0.05, 0.1) is 5.41 Å². The predicted molar refractivity (Wildman–Crippen MR) is 69.3 cm³/mol. The summed E-state index contributed by atoms with van der Waals surface area (Å²) in [7, 11) is -4.07. The van der Waals surface area contributed by atoms with Crippen molar-refractivity contribution in [1.82, 2.24) is 0 Å². The fraction of sp³-hybridized carbons (Fsp3) is 0.333. The molecule has 98 valence electrons. The fourth-order valence-corrected chi connectivity index (χ4v) is 2.45. The first-order valence-electron chi connectivity index (χ1n) is 5.66. The van der Waals surface area contributed by atoms with E-state index < -0.39 is 10.1 Å². The highest BCUT2D eigenvalue weighted by molar-refractivity contribution is 7.88. The minimum absolute atomic E-state index is 0.194. The van der Waals surface area contributed by atoms with E-state index in [0.29, 0.717) is 6.54 Å². The third-order valence-electron chi connectivity index (χ3n) is 2.88. The molecule has 1 aliphatic heterocycles. The monoisotopic (exact) mass is 269 g/mol. The molecule has 0 atom stereocenters. The molecule has 2 N–H and O–H groups in total. The third kappa shape index (κ3) is 3.24. The standard InChI is InChI=1S/C12H15NO4S/c14-11-5-4-10-3-1-6-13(12(10)9-11)7-2-8-18(15,16)17/h2,4-5,8-9,14H,1,3,6-7H2,(H,15,16,17). The van der Waals surface area contributed by atoms with Gasteiger partial charge in [-0.3, -0.25) is 4.55 Å². The molecule has 1 aliphatic rings. The van der Waals surface area contributed by atoms with E-state index >= 15 is 0 Å². The van der Waals surface area contributed by atoms with E-state index in [2.05, 4.69) is 0 Å². The average Bonchev–Trinajstić information content (AvgIpc) is 2.28. The Kier molecular flexibility index (Phi) is 3.58. The maximum Gasteiger partial charge on any atom is 0.287 e. The van der Waals surface area contributed by atoms with Gasteiger partial charge in [-0.2, -0.15) is 8.42 Å². The number of phenols is 1. The topological polar surface area (TPSA) is 77.8 Å². The molecule has 0 unspecified atom stereocenters. The van der Waals surface area contributed by atoms with Crippen LogP contribution in [0, 0.1) is 0 Å². The van der Waals surface area contributed by atoms with E-state index in [0.717, 1.165) is 36.0 Å². The van der Waals surface area contributed by atoms with Crippen LogP contribution >= 0.6 is 0 Å². The third-order valence-corrected chi connectivity index (χ3v) is 3.41. The number of nitrogens with zero attached hydrogens (tertiary/aromatic N) is 1. The lowest BCUT2D eigenvalue weighted by Crippen LogP contribution is -2.29. The Bertz CT molecular complexity index is 565. The normalized spacial score (nSPS) is 15.9. The van der Waals surface area contributed by atoms with Gasteiger partial charge < -0.3 is 10.0 Å². The van der Waals surface area contributed by atoms with Crippen LogP contribution < -0.4 is 4.90 Å². The Balaban J connectivity index is 2.17. The van der Waals surface area contributed by atoms with Gasteiger partial charge in [-0.1, -0.05) is 12.1 Å². The van der Waals surface area contributed by atoms with Gasteiger partial charge in [0.2, 0.25) is 0 Å². The summed E-state index contributed by atoms with van der Waals surface area (Å²) in [6.45, 7) is 1.18. The van der Waals surface area contributed by atoms with Gasteiger partial charge in [0.15, 0.2) is 0 Å². The molecule has 1 aromatic rings. The zero-order chi connectivity index (χ0) is 13.2. The number of hydrogen-bond acceptors (Lipinski definition) is 4. The van der Waals surface area contributed by atoms with Crippen molar-refractivity contribution in [2.75, 3.05) is 18.0 Å². The minimum atomic E-state index is -4.07. The van der Waals surface area contributed by atoms with Gasteiger partial charge in [0, 0.05) is 24.8 Å². The number of rotatable bonds is 3. The molecule has 0 amide bonds.